The lowest BCUT2D eigenvalue weighted by Gasteiger charge is -2.28. The molecule has 100 valence electrons. The molecular formula is C19H18O. The molecule has 2 aromatic carbocycles. The fraction of sp³-hybridized carbons (Fsp3) is 0.316. The average Bonchev–Trinajstić information content (AvgIpc) is 2.48. The molecule has 0 spiro atoms. The fourth-order valence-electron chi connectivity index (χ4n) is 3.86. The van der Waals surface area contributed by atoms with Gasteiger partial charge in [-0.3, -0.25) is 4.79 Å². The number of rotatable bonds is 0. The standard InChI is InChI=1S/C19H18O/c1-12-11-17-16(7-4-8-18(17)20)19-14(12)10-9-13-5-2-3-6-15(13)19/h2-3,5-6,11H,4,7-10H2,1H3. The zero-order valence-corrected chi connectivity index (χ0v) is 11.8. The van der Waals surface area contributed by atoms with Gasteiger partial charge in [-0.1, -0.05) is 24.3 Å². The average molecular weight is 262 g/mol. The largest absolute Gasteiger partial charge is 0.294 e. The van der Waals surface area contributed by atoms with Crippen molar-refractivity contribution in [3.63, 3.8) is 0 Å². The maximum absolute atomic E-state index is 12.2. The van der Waals surface area contributed by atoms with Gasteiger partial charge in [0, 0.05) is 12.0 Å². The molecule has 0 saturated heterocycles. The number of carbonyl (C=O) groups excluding carboxylic acids is 1. The molecule has 1 heteroatoms. The molecule has 4 rings (SSSR count). The van der Waals surface area contributed by atoms with Crippen LogP contribution in [0.5, 0.6) is 0 Å². The van der Waals surface area contributed by atoms with Gasteiger partial charge in [-0.15, -0.1) is 0 Å². The van der Waals surface area contributed by atoms with Crippen molar-refractivity contribution in [1.29, 1.82) is 0 Å². The van der Waals surface area contributed by atoms with Crippen LogP contribution in [0.25, 0.3) is 11.1 Å². The van der Waals surface area contributed by atoms with E-state index in [1.807, 2.05) is 0 Å². The Morgan fingerprint density at radius 2 is 1.75 bits per heavy atom. The first kappa shape index (κ1) is 11.9. The molecule has 0 fully saturated rings. The second-order valence-corrected chi connectivity index (χ2v) is 6.01. The second-order valence-electron chi connectivity index (χ2n) is 6.01. The number of Topliss-reactive ketones (excluding diaryl/α,β-unsaturated/α-hetero) is 1. The minimum Gasteiger partial charge on any atom is -0.294 e. The monoisotopic (exact) mass is 262 g/mol. The summed E-state index contributed by atoms with van der Waals surface area (Å²) in [7, 11) is 0. The lowest BCUT2D eigenvalue weighted by Crippen LogP contribution is -2.17. The van der Waals surface area contributed by atoms with Crippen molar-refractivity contribution in [1.82, 2.24) is 0 Å². The molecule has 0 radical (unpaired) electrons. The highest BCUT2D eigenvalue weighted by atomic mass is 16.1. The van der Waals surface area contributed by atoms with E-state index in [1.54, 1.807) is 0 Å². The van der Waals surface area contributed by atoms with E-state index in [9.17, 15) is 4.79 Å². The highest BCUT2D eigenvalue weighted by molar-refractivity contribution is 6.01. The van der Waals surface area contributed by atoms with E-state index in [0.29, 0.717) is 12.2 Å². The Balaban J connectivity index is 2.08. The smallest absolute Gasteiger partial charge is 0.163 e. The highest BCUT2D eigenvalue weighted by Crippen LogP contribution is 2.41. The predicted molar refractivity (Wildman–Crippen MR) is 81.3 cm³/mol. The van der Waals surface area contributed by atoms with Crippen molar-refractivity contribution in [2.24, 2.45) is 0 Å². The van der Waals surface area contributed by atoms with Crippen LogP contribution in [0.3, 0.4) is 0 Å². The molecule has 1 nitrogen and oxygen atoms in total. The maximum atomic E-state index is 12.2. The zero-order chi connectivity index (χ0) is 13.7. The van der Waals surface area contributed by atoms with Gasteiger partial charge in [0.1, 0.15) is 0 Å². The lowest BCUT2D eigenvalue weighted by molar-refractivity contribution is 0.0972. The van der Waals surface area contributed by atoms with Crippen molar-refractivity contribution in [3.05, 3.63) is 58.1 Å². The minimum atomic E-state index is 0.334. The molecule has 2 aliphatic carbocycles. The number of benzene rings is 2. The van der Waals surface area contributed by atoms with Crippen LogP contribution in [-0.4, -0.2) is 5.78 Å². The third kappa shape index (κ3) is 1.59. The van der Waals surface area contributed by atoms with Crippen LogP contribution in [0.15, 0.2) is 30.3 Å². The molecule has 0 aromatic heterocycles. The molecule has 0 heterocycles. The van der Waals surface area contributed by atoms with Gasteiger partial charge in [0.05, 0.1) is 0 Å². The van der Waals surface area contributed by atoms with Gasteiger partial charge in [0.15, 0.2) is 5.78 Å². The molecule has 0 bridgehead atoms. The third-order valence-electron chi connectivity index (χ3n) is 4.83. The van der Waals surface area contributed by atoms with E-state index in [4.69, 9.17) is 0 Å². The van der Waals surface area contributed by atoms with Crippen molar-refractivity contribution >= 4 is 5.78 Å². The molecule has 20 heavy (non-hydrogen) atoms. The topological polar surface area (TPSA) is 17.1 Å². The van der Waals surface area contributed by atoms with E-state index in [0.717, 1.165) is 31.2 Å². The summed E-state index contributed by atoms with van der Waals surface area (Å²) in [5, 5.41) is 0. The Hall–Kier alpha value is -1.89. The first-order valence-electron chi connectivity index (χ1n) is 7.52. The van der Waals surface area contributed by atoms with Gasteiger partial charge in [0.2, 0.25) is 0 Å². The van der Waals surface area contributed by atoms with Crippen LogP contribution in [0.4, 0.5) is 0 Å². The number of carbonyl (C=O) groups is 1. The fourth-order valence-corrected chi connectivity index (χ4v) is 3.86. The van der Waals surface area contributed by atoms with Crippen molar-refractivity contribution in [3.8, 4) is 11.1 Å². The summed E-state index contributed by atoms with van der Waals surface area (Å²) in [4.78, 5) is 12.2. The maximum Gasteiger partial charge on any atom is 0.163 e. The Bertz CT molecular complexity index is 725. The predicted octanol–water partition coefficient (Wildman–Crippen LogP) is 4.28. The Labute approximate surface area is 119 Å². The Morgan fingerprint density at radius 1 is 0.900 bits per heavy atom. The molecule has 0 N–H and O–H groups in total. The summed E-state index contributed by atoms with van der Waals surface area (Å²) in [6.07, 6.45) is 5.00. The van der Waals surface area contributed by atoms with E-state index in [1.165, 1.54) is 33.4 Å². The van der Waals surface area contributed by atoms with Gasteiger partial charge in [-0.2, -0.15) is 0 Å². The summed E-state index contributed by atoms with van der Waals surface area (Å²) < 4.78 is 0. The zero-order valence-electron chi connectivity index (χ0n) is 11.8. The van der Waals surface area contributed by atoms with E-state index in [2.05, 4.69) is 37.3 Å². The molecule has 0 amide bonds. The highest BCUT2D eigenvalue weighted by Gasteiger charge is 2.27. The van der Waals surface area contributed by atoms with Crippen LogP contribution in [0.1, 0.15) is 45.5 Å². The van der Waals surface area contributed by atoms with Crippen molar-refractivity contribution < 1.29 is 4.79 Å². The van der Waals surface area contributed by atoms with E-state index >= 15 is 0 Å². The summed E-state index contributed by atoms with van der Waals surface area (Å²) in [5.41, 5.74) is 9.25. The van der Waals surface area contributed by atoms with E-state index in [-0.39, 0.29) is 0 Å². The lowest BCUT2D eigenvalue weighted by atomic mass is 9.76. The quantitative estimate of drug-likeness (QED) is 0.692. The Morgan fingerprint density at radius 3 is 2.65 bits per heavy atom. The van der Waals surface area contributed by atoms with Gasteiger partial charge in [0.25, 0.3) is 0 Å². The van der Waals surface area contributed by atoms with E-state index < -0.39 is 0 Å². The third-order valence-corrected chi connectivity index (χ3v) is 4.83. The number of ketones is 1. The van der Waals surface area contributed by atoms with Gasteiger partial charge < -0.3 is 0 Å². The van der Waals surface area contributed by atoms with Crippen LogP contribution >= 0.6 is 0 Å². The molecule has 0 atom stereocenters. The summed E-state index contributed by atoms with van der Waals surface area (Å²) in [5.74, 6) is 0.334. The number of aryl methyl sites for hydroxylation is 2. The van der Waals surface area contributed by atoms with Gasteiger partial charge in [-0.25, -0.2) is 0 Å². The normalized spacial score (nSPS) is 16.4. The SMILES string of the molecule is Cc1cc2c(c3c1CCc1ccccc1-3)CCCC2=O. The van der Waals surface area contributed by atoms with Gasteiger partial charge >= 0.3 is 0 Å². The van der Waals surface area contributed by atoms with Crippen LogP contribution in [-0.2, 0) is 19.3 Å². The van der Waals surface area contributed by atoms with Crippen molar-refractivity contribution in [2.45, 2.75) is 39.0 Å². The molecule has 2 aromatic rings. The van der Waals surface area contributed by atoms with Crippen molar-refractivity contribution in [2.75, 3.05) is 0 Å². The minimum absolute atomic E-state index is 0.334. The van der Waals surface area contributed by atoms with Gasteiger partial charge in [-0.05, 0) is 72.1 Å². The number of hydrogen-bond acceptors (Lipinski definition) is 1. The molecule has 0 saturated carbocycles. The summed E-state index contributed by atoms with van der Waals surface area (Å²) in [6, 6.07) is 10.8. The first-order valence-corrected chi connectivity index (χ1v) is 7.52. The molecule has 2 aliphatic rings. The summed E-state index contributed by atoms with van der Waals surface area (Å²) in [6.45, 7) is 2.16. The molecule has 0 aliphatic heterocycles. The van der Waals surface area contributed by atoms with Crippen LogP contribution < -0.4 is 0 Å². The van der Waals surface area contributed by atoms with Crippen LogP contribution in [0, 0.1) is 6.92 Å². The first-order chi connectivity index (χ1) is 9.75. The summed E-state index contributed by atoms with van der Waals surface area (Å²) >= 11 is 0. The Kier molecular flexibility index (Phi) is 2.56. The number of fused-ring (bicyclic) bond motifs is 5. The second kappa shape index (κ2) is 4.31. The van der Waals surface area contributed by atoms with Crippen LogP contribution in [0.2, 0.25) is 0 Å². The number of hydrogen-bond donors (Lipinski definition) is 0. The molecular weight excluding hydrogens is 244 g/mol. The molecule has 0 unspecified atom stereocenters.